The maximum absolute atomic E-state index is 11.7. The third-order valence-electron chi connectivity index (χ3n) is 2.54. The topological polar surface area (TPSA) is 130 Å². The zero-order chi connectivity index (χ0) is 16.9. The Labute approximate surface area is 132 Å². The predicted molar refractivity (Wildman–Crippen MR) is 82.5 cm³/mol. The number of anilines is 1. The van der Waals surface area contributed by atoms with Crippen molar-refractivity contribution in [1.29, 1.82) is 0 Å². The highest BCUT2D eigenvalue weighted by molar-refractivity contribution is 6.36. The monoisotopic (exact) mass is 332 g/mol. The molecule has 1 aromatic rings. The number of nitrogens with zero attached hydrogens (tertiary/aromatic N) is 1. The molecule has 10 heteroatoms. The molecule has 5 N–H and O–H groups in total. The van der Waals surface area contributed by atoms with E-state index in [2.05, 4.69) is 10.3 Å². The zero-order valence-corrected chi connectivity index (χ0v) is 13.3. The van der Waals surface area contributed by atoms with Crippen LogP contribution in [0.25, 0.3) is 0 Å². The number of halogens is 1. The average Bonchev–Trinajstić information content (AvgIpc) is 2.47. The lowest BCUT2D eigenvalue weighted by Gasteiger charge is -2.20. The summed E-state index contributed by atoms with van der Waals surface area (Å²) < 4.78 is 20.9. The lowest BCUT2D eigenvalue weighted by atomic mass is 10.2. The van der Waals surface area contributed by atoms with Crippen molar-refractivity contribution < 1.29 is 23.7 Å². The SMILES string of the molecule is COc1c(Cl)c(NC(=O)N=C(N)N)c(OC)c(OC)c1OC. The van der Waals surface area contributed by atoms with Gasteiger partial charge in [0, 0.05) is 0 Å². The number of amides is 2. The first kappa shape index (κ1) is 17.5. The Bertz CT molecular complexity index is 602. The normalized spacial score (nSPS) is 9.68. The number of guanidine groups is 1. The number of methoxy groups -OCH3 is 4. The maximum atomic E-state index is 11.7. The fourth-order valence-corrected chi connectivity index (χ4v) is 2.04. The first-order valence-electron chi connectivity index (χ1n) is 5.87. The molecule has 0 heterocycles. The molecule has 9 nitrogen and oxygen atoms in total. The van der Waals surface area contributed by atoms with Gasteiger partial charge in [0.05, 0.1) is 28.4 Å². The molecule has 0 saturated carbocycles. The van der Waals surface area contributed by atoms with E-state index >= 15 is 0 Å². The van der Waals surface area contributed by atoms with E-state index < -0.39 is 12.0 Å². The third-order valence-corrected chi connectivity index (χ3v) is 2.90. The standard InChI is InChI=1S/C12H17ClN4O5/c1-19-7-5(13)6(16-12(18)17-11(14)15)8(20-2)10(22-4)9(7)21-3/h1-4H3,(H5,14,15,16,17,18). The summed E-state index contributed by atoms with van der Waals surface area (Å²) in [5, 5.41) is 2.44. The van der Waals surface area contributed by atoms with E-state index in [-0.39, 0.29) is 33.7 Å². The third kappa shape index (κ3) is 3.37. The summed E-state index contributed by atoms with van der Waals surface area (Å²) in [5.74, 6) is 0.282. The fourth-order valence-electron chi connectivity index (χ4n) is 1.74. The number of urea groups is 1. The van der Waals surface area contributed by atoms with Crippen LogP contribution in [0.3, 0.4) is 0 Å². The number of nitrogens with two attached hydrogens (primary N) is 2. The van der Waals surface area contributed by atoms with Crippen molar-refractivity contribution in [1.82, 2.24) is 0 Å². The molecular weight excluding hydrogens is 316 g/mol. The minimum absolute atomic E-state index is 0.0381. The van der Waals surface area contributed by atoms with Gasteiger partial charge in [-0.2, -0.15) is 4.99 Å². The molecule has 0 spiro atoms. The second-order valence-corrected chi connectivity index (χ2v) is 4.17. The molecule has 1 rings (SSSR count). The molecule has 0 aliphatic carbocycles. The number of rotatable bonds is 5. The molecule has 1 aromatic carbocycles. The van der Waals surface area contributed by atoms with Crippen LogP contribution in [-0.4, -0.2) is 40.4 Å². The number of ether oxygens (including phenoxy) is 4. The summed E-state index contributed by atoms with van der Waals surface area (Å²) in [4.78, 5) is 15.0. The molecule has 2 amide bonds. The molecule has 0 radical (unpaired) electrons. The molecule has 0 aliphatic heterocycles. The first-order chi connectivity index (χ1) is 10.4. The lowest BCUT2D eigenvalue weighted by molar-refractivity contribution is 0.259. The van der Waals surface area contributed by atoms with Crippen LogP contribution in [0.15, 0.2) is 4.99 Å². The van der Waals surface area contributed by atoms with Gasteiger partial charge < -0.3 is 35.7 Å². The van der Waals surface area contributed by atoms with E-state index in [1.54, 1.807) is 0 Å². The highest BCUT2D eigenvalue weighted by Crippen LogP contribution is 2.54. The van der Waals surface area contributed by atoms with E-state index in [0.717, 1.165) is 0 Å². The number of nitrogens with one attached hydrogen (secondary N) is 1. The summed E-state index contributed by atoms with van der Waals surface area (Å²) in [7, 11) is 5.57. The smallest absolute Gasteiger partial charge is 0.348 e. The summed E-state index contributed by atoms with van der Waals surface area (Å²) in [6.07, 6.45) is 0. The van der Waals surface area contributed by atoms with E-state index in [0.29, 0.717) is 0 Å². The Balaban J connectivity index is 3.55. The Morgan fingerprint density at radius 1 is 0.955 bits per heavy atom. The van der Waals surface area contributed by atoms with Crippen LogP contribution in [0.4, 0.5) is 10.5 Å². The van der Waals surface area contributed by atoms with Gasteiger partial charge in [0.15, 0.2) is 17.5 Å². The summed E-state index contributed by atoms with van der Waals surface area (Å²) in [6.45, 7) is 0. The van der Waals surface area contributed by atoms with Gasteiger partial charge in [0.1, 0.15) is 10.7 Å². The lowest BCUT2D eigenvalue weighted by Crippen LogP contribution is -2.25. The minimum Gasteiger partial charge on any atom is -0.491 e. The van der Waals surface area contributed by atoms with Gasteiger partial charge in [-0.3, -0.25) is 0 Å². The van der Waals surface area contributed by atoms with Crippen LogP contribution in [0.5, 0.6) is 23.0 Å². The van der Waals surface area contributed by atoms with E-state index in [9.17, 15) is 4.79 Å². The minimum atomic E-state index is -0.838. The molecular formula is C12H17ClN4O5. The van der Waals surface area contributed by atoms with Gasteiger partial charge in [0.25, 0.3) is 0 Å². The number of carbonyl (C=O) groups excluding carboxylic acids is 1. The van der Waals surface area contributed by atoms with Crippen molar-refractivity contribution in [3.8, 4) is 23.0 Å². The van der Waals surface area contributed by atoms with E-state index in [1.807, 2.05) is 0 Å². The fraction of sp³-hybridized carbons (Fsp3) is 0.333. The Hall–Kier alpha value is -2.55. The number of hydrogen-bond donors (Lipinski definition) is 3. The van der Waals surface area contributed by atoms with Crippen LogP contribution >= 0.6 is 11.6 Å². The maximum Gasteiger partial charge on any atom is 0.348 e. The molecule has 0 saturated heterocycles. The van der Waals surface area contributed by atoms with E-state index in [4.69, 9.17) is 42.0 Å². The predicted octanol–water partition coefficient (Wildman–Crippen LogP) is 1.18. The number of aliphatic imine (C=N–C) groups is 1. The average molecular weight is 333 g/mol. The number of carbonyl (C=O) groups is 1. The van der Waals surface area contributed by atoms with Gasteiger partial charge in [-0.25, -0.2) is 4.79 Å². The van der Waals surface area contributed by atoms with Gasteiger partial charge in [-0.05, 0) is 0 Å². The largest absolute Gasteiger partial charge is 0.491 e. The van der Waals surface area contributed by atoms with Gasteiger partial charge >= 0.3 is 6.03 Å². The first-order valence-corrected chi connectivity index (χ1v) is 6.25. The number of benzene rings is 1. The Morgan fingerprint density at radius 2 is 1.41 bits per heavy atom. The van der Waals surface area contributed by atoms with Gasteiger partial charge in [-0.1, -0.05) is 11.6 Å². The van der Waals surface area contributed by atoms with Crippen LogP contribution in [0, 0.1) is 0 Å². The molecule has 0 bridgehead atoms. The van der Waals surface area contributed by atoms with Gasteiger partial charge in [-0.15, -0.1) is 0 Å². The van der Waals surface area contributed by atoms with Crippen molar-refractivity contribution in [2.24, 2.45) is 16.5 Å². The summed E-state index contributed by atoms with van der Waals surface area (Å²) in [5.41, 5.74) is 10.4. The van der Waals surface area contributed by atoms with Crippen LogP contribution in [-0.2, 0) is 0 Å². The van der Waals surface area contributed by atoms with Crippen LogP contribution < -0.4 is 35.7 Å². The quantitative estimate of drug-likeness (QED) is 0.545. The number of hydrogen-bond acceptors (Lipinski definition) is 5. The van der Waals surface area contributed by atoms with Crippen molar-refractivity contribution in [3.05, 3.63) is 5.02 Å². The van der Waals surface area contributed by atoms with Crippen LogP contribution in [0.2, 0.25) is 5.02 Å². The van der Waals surface area contributed by atoms with Gasteiger partial charge in [0.2, 0.25) is 11.5 Å². The van der Waals surface area contributed by atoms with E-state index in [1.165, 1.54) is 28.4 Å². The van der Waals surface area contributed by atoms with Crippen molar-refractivity contribution >= 4 is 29.3 Å². The zero-order valence-electron chi connectivity index (χ0n) is 12.5. The summed E-state index contributed by atoms with van der Waals surface area (Å²) >= 11 is 6.22. The second-order valence-electron chi connectivity index (χ2n) is 3.79. The van der Waals surface area contributed by atoms with Crippen molar-refractivity contribution in [2.45, 2.75) is 0 Å². The van der Waals surface area contributed by atoms with Crippen molar-refractivity contribution in [3.63, 3.8) is 0 Å². The van der Waals surface area contributed by atoms with Crippen molar-refractivity contribution in [2.75, 3.05) is 33.8 Å². The summed E-state index contributed by atoms with van der Waals surface area (Å²) in [6, 6.07) is -0.838. The highest BCUT2D eigenvalue weighted by Gasteiger charge is 2.27. The molecule has 0 aromatic heterocycles. The second kappa shape index (κ2) is 7.46. The molecule has 0 unspecified atom stereocenters. The van der Waals surface area contributed by atoms with Crippen LogP contribution in [0.1, 0.15) is 0 Å². The molecule has 122 valence electrons. The highest BCUT2D eigenvalue weighted by atomic mass is 35.5. The molecule has 0 aliphatic rings. The molecule has 0 fully saturated rings. The molecule has 0 atom stereocenters. The Kier molecular flexibility index (Phi) is 5.93. The molecule has 22 heavy (non-hydrogen) atoms. The Morgan fingerprint density at radius 3 is 1.82 bits per heavy atom.